The SMILES string of the molecule is C#CCNC(=O)CN(C)C1CCC(NC)CC1. The molecular weight excluding hydrogens is 214 g/mol. The van der Waals surface area contributed by atoms with Crippen molar-refractivity contribution in [3.8, 4) is 12.3 Å². The summed E-state index contributed by atoms with van der Waals surface area (Å²) >= 11 is 0. The van der Waals surface area contributed by atoms with Crippen molar-refractivity contribution in [3.63, 3.8) is 0 Å². The van der Waals surface area contributed by atoms with Crippen LogP contribution in [0.3, 0.4) is 0 Å². The summed E-state index contributed by atoms with van der Waals surface area (Å²) in [4.78, 5) is 13.7. The fourth-order valence-electron chi connectivity index (χ4n) is 2.37. The number of terminal acetylenes is 1. The first-order chi connectivity index (χ1) is 8.17. The monoisotopic (exact) mass is 237 g/mol. The third kappa shape index (κ3) is 4.76. The lowest BCUT2D eigenvalue weighted by molar-refractivity contribution is -0.122. The van der Waals surface area contributed by atoms with E-state index in [4.69, 9.17) is 6.42 Å². The Morgan fingerprint density at radius 2 is 2.06 bits per heavy atom. The highest BCUT2D eigenvalue weighted by Crippen LogP contribution is 2.21. The molecule has 0 bridgehead atoms. The lowest BCUT2D eigenvalue weighted by Gasteiger charge is -2.34. The molecule has 0 aromatic heterocycles. The molecule has 2 N–H and O–H groups in total. The zero-order valence-electron chi connectivity index (χ0n) is 10.8. The molecule has 1 amide bonds. The Balaban J connectivity index is 2.26. The van der Waals surface area contributed by atoms with Gasteiger partial charge in [0.05, 0.1) is 13.1 Å². The van der Waals surface area contributed by atoms with Crippen molar-refractivity contribution in [1.82, 2.24) is 15.5 Å². The van der Waals surface area contributed by atoms with Crippen LogP contribution in [0.15, 0.2) is 0 Å². The van der Waals surface area contributed by atoms with Crippen molar-refractivity contribution in [2.24, 2.45) is 0 Å². The van der Waals surface area contributed by atoms with Crippen molar-refractivity contribution in [2.45, 2.75) is 37.8 Å². The van der Waals surface area contributed by atoms with E-state index in [0.29, 0.717) is 25.2 Å². The predicted molar refractivity (Wildman–Crippen MR) is 69.6 cm³/mol. The molecule has 1 aliphatic carbocycles. The number of nitrogens with zero attached hydrogens (tertiary/aromatic N) is 1. The lowest BCUT2D eigenvalue weighted by Crippen LogP contribution is -2.44. The first kappa shape index (κ1) is 14.0. The highest BCUT2D eigenvalue weighted by molar-refractivity contribution is 5.78. The van der Waals surface area contributed by atoms with Gasteiger partial charge in [-0.3, -0.25) is 9.69 Å². The summed E-state index contributed by atoms with van der Waals surface area (Å²) in [7, 11) is 4.03. The summed E-state index contributed by atoms with van der Waals surface area (Å²) in [5, 5.41) is 6.01. The van der Waals surface area contributed by atoms with Crippen LogP contribution in [0.25, 0.3) is 0 Å². The van der Waals surface area contributed by atoms with E-state index in [-0.39, 0.29) is 5.91 Å². The third-order valence-corrected chi connectivity index (χ3v) is 3.51. The van der Waals surface area contributed by atoms with Crippen LogP contribution < -0.4 is 10.6 Å². The molecule has 0 spiro atoms. The second kappa shape index (κ2) is 7.31. The molecule has 0 unspecified atom stereocenters. The van der Waals surface area contributed by atoms with E-state index >= 15 is 0 Å². The normalized spacial score (nSPS) is 24.4. The number of hydrogen-bond acceptors (Lipinski definition) is 3. The first-order valence-electron chi connectivity index (χ1n) is 6.25. The van der Waals surface area contributed by atoms with Gasteiger partial charge in [-0.25, -0.2) is 0 Å². The number of rotatable bonds is 5. The zero-order valence-corrected chi connectivity index (χ0v) is 10.8. The van der Waals surface area contributed by atoms with Crippen LogP contribution in [0.5, 0.6) is 0 Å². The summed E-state index contributed by atoms with van der Waals surface area (Å²) in [6.45, 7) is 0.760. The molecular formula is C13H23N3O. The van der Waals surface area contributed by atoms with Crippen molar-refractivity contribution >= 4 is 5.91 Å². The van der Waals surface area contributed by atoms with E-state index in [9.17, 15) is 4.79 Å². The average molecular weight is 237 g/mol. The fraction of sp³-hybridized carbons (Fsp3) is 0.769. The number of hydrogen-bond donors (Lipinski definition) is 2. The van der Waals surface area contributed by atoms with Gasteiger partial charge in [-0.1, -0.05) is 5.92 Å². The molecule has 1 saturated carbocycles. The number of nitrogens with one attached hydrogen (secondary N) is 2. The van der Waals surface area contributed by atoms with Gasteiger partial charge in [-0.2, -0.15) is 0 Å². The van der Waals surface area contributed by atoms with Gasteiger partial charge in [0, 0.05) is 12.1 Å². The van der Waals surface area contributed by atoms with Gasteiger partial charge in [0.1, 0.15) is 0 Å². The van der Waals surface area contributed by atoms with E-state index < -0.39 is 0 Å². The second-order valence-electron chi connectivity index (χ2n) is 4.69. The molecule has 17 heavy (non-hydrogen) atoms. The van der Waals surface area contributed by atoms with E-state index in [1.54, 1.807) is 0 Å². The van der Waals surface area contributed by atoms with Crippen LogP contribution in [0, 0.1) is 12.3 Å². The first-order valence-corrected chi connectivity index (χ1v) is 6.25. The van der Waals surface area contributed by atoms with Gasteiger partial charge < -0.3 is 10.6 Å². The van der Waals surface area contributed by atoms with Crippen LogP contribution in [0.1, 0.15) is 25.7 Å². The Hall–Kier alpha value is -1.05. The zero-order chi connectivity index (χ0) is 12.7. The summed E-state index contributed by atoms with van der Waals surface area (Å²) in [6, 6.07) is 1.17. The lowest BCUT2D eigenvalue weighted by atomic mass is 9.90. The number of carbonyl (C=O) groups is 1. The van der Waals surface area contributed by atoms with Gasteiger partial charge in [0.15, 0.2) is 0 Å². The van der Waals surface area contributed by atoms with E-state index in [1.165, 1.54) is 12.8 Å². The fourth-order valence-corrected chi connectivity index (χ4v) is 2.37. The van der Waals surface area contributed by atoms with Crippen molar-refractivity contribution < 1.29 is 4.79 Å². The molecule has 0 radical (unpaired) electrons. The maximum absolute atomic E-state index is 11.5. The average Bonchev–Trinajstić information content (AvgIpc) is 2.36. The molecule has 0 heterocycles. The maximum Gasteiger partial charge on any atom is 0.234 e. The Labute approximate surface area is 104 Å². The minimum atomic E-state index is 0.0150. The summed E-state index contributed by atoms with van der Waals surface area (Å²) in [5.74, 6) is 2.42. The molecule has 4 nitrogen and oxygen atoms in total. The Morgan fingerprint density at radius 1 is 1.41 bits per heavy atom. The molecule has 4 heteroatoms. The van der Waals surface area contributed by atoms with Gasteiger partial charge >= 0.3 is 0 Å². The predicted octanol–water partition coefficient (Wildman–Crippen LogP) is 0.198. The van der Waals surface area contributed by atoms with Gasteiger partial charge in [-0.05, 0) is 39.8 Å². The Morgan fingerprint density at radius 3 is 2.59 bits per heavy atom. The smallest absolute Gasteiger partial charge is 0.234 e. The third-order valence-electron chi connectivity index (χ3n) is 3.51. The molecule has 1 rings (SSSR count). The van der Waals surface area contributed by atoms with Crippen LogP contribution in [-0.2, 0) is 4.79 Å². The summed E-state index contributed by atoms with van der Waals surface area (Å²) in [6.07, 6.45) is 9.79. The van der Waals surface area contributed by atoms with Crippen LogP contribution in [0.4, 0.5) is 0 Å². The van der Waals surface area contributed by atoms with E-state index in [1.807, 2.05) is 14.1 Å². The minimum absolute atomic E-state index is 0.0150. The van der Waals surface area contributed by atoms with Crippen LogP contribution >= 0.6 is 0 Å². The van der Waals surface area contributed by atoms with E-state index in [2.05, 4.69) is 21.5 Å². The van der Waals surface area contributed by atoms with E-state index in [0.717, 1.165) is 12.8 Å². The molecule has 0 atom stereocenters. The Kier molecular flexibility index (Phi) is 6.03. The summed E-state index contributed by atoms with van der Waals surface area (Å²) in [5.41, 5.74) is 0. The Bertz CT molecular complexity index is 277. The molecule has 0 aromatic rings. The maximum atomic E-state index is 11.5. The summed E-state index contributed by atoms with van der Waals surface area (Å²) < 4.78 is 0. The molecule has 1 aliphatic rings. The number of likely N-dealkylation sites (N-methyl/N-ethyl adjacent to an activating group) is 1. The minimum Gasteiger partial charge on any atom is -0.344 e. The van der Waals surface area contributed by atoms with Gasteiger partial charge in [0.2, 0.25) is 5.91 Å². The van der Waals surface area contributed by atoms with Crippen molar-refractivity contribution in [1.29, 1.82) is 0 Å². The standard InChI is InChI=1S/C13H23N3O/c1-4-9-15-13(17)10-16(3)12-7-5-11(14-2)6-8-12/h1,11-12,14H,5-10H2,2-3H3,(H,15,17). The molecule has 96 valence electrons. The molecule has 0 saturated heterocycles. The highest BCUT2D eigenvalue weighted by Gasteiger charge is 2.23. The van der Waals surface area contributed by atoms with Crippen molar-refractivity contribution in [3.05, 3.63) is 0 Å². The van der Waals surface area contributed by atoms with Crippen molar-refractivity contribution in [2.75, 3.05) is 27.2 Å². The molecule has 0 aliphatic heterocycles. The number of amides is 1. The number of carbonyl (C=O) groups excluding carboxylic acids is 1. The van der Waals surface area contributed by atoms with Gasteiger partial charge in [0.25, 0.3) is 0 Å². The second-order valence-corrected chi connectivity index (χ2v) is 4.69. The highest BCUT2D eigenvalue weighted by atomic mass is 16.2. The largest absolute Gasteiger partial charge is 0.344 e. The molecule has 0 aromatic carbocycles. The quantitative estimate of drug-likeness (QED) is 0.671. The van der Waals surface area contributed by atoms with Crippen LogP contribution in [-0.4, -0.2) is 50.1 Å². The van der Waals surface area contributed by atoms with Crippen LogP contribution in [0.2, 0.25) is 0 Å². The van der Waals surface area contributed by atoms with Gasteiger partial charge in [-0.15, -0.1) is 6.42 Å². The molecule has 1 fully saturated rings. The topological polar surface area (TPSA) is 44.4 Å².